The normalized spacial score (nSPS) is 11.4. The highest BCUT2D eigenvalue weighted by Crippen LogP contribution is 2.35. The zero-order chi connectivity index (χ0) is 21.1. The van der Waals surface area contributed by atoms with Crippen LogP contribution in [0.25, 0.3) is 0 Å². The van der Waals surface area contributed by atoms with Crippen LogP contribution in [0.4, 0.5) is 0 Å². The Bertz CT molecular complexity index is 710. The lowest BCUT2D eigenvalue weighted by Gasteiger charge is -2.17. The summed E-state index contributed by atoms with van der Waals surface area (Å²) in [4.78, 5) is 12.4. The third-order valence-electron chi connectivity index (χ3n) is 4.76. The van der Waals surface area contributed by atoms with Gasteiger partial charge in [-0.2, -0.15) is 0 Å². The number of benzene rings is 1. The van der Waals surface area contributed by atoms with Crippen LogP contribution in [0.5, 0.6) is 11.5 Å². The first-order chi connectivity index (χ1) is 13.3. The lowest BCUT2D eigenvalue weighted by Crippen LogP contribution is -2.11. The molecule has 0 saturated heterocycles. The molecule has 0 aliphatic rings. The van der Waals surface area contributed by atoms with Crippen LogP contribution in [0, 0.1) is 0 Å². The van der Waals surface area contributed by atoms with Crippen LogP contribution in [-0.4, -0.2) is 22.8 Å². The molecule has 1 aromatic rings. The number of phenolic OH excluding ortho intramolecular Hbond substituents is 2. The van der Waals surface area contributed by atoms with Gasteiger partial charge in [0, 0.05) is 11.6 Å². The summed E-state index contributed by atoms with van der Waals surface area (Å²) in [5, 5.41) is 20.8. The topological polar surface area (TPSA) is 66.8 Å². The van der Waals surface area contributed by atoms with Crippen LogP contribution in [-0.2, 0) is 17.6 Å². The van der Waals surface area contributed by atoms with Crippen LogP contribution in [0.2, 0.25) is 0 Å². The molecular formula is C24H36O4. The molecule has 1 rings (SSSR count). The minimum absolute atomic E-state index is 0.0328. The lowest BCUT2D eigenvalue weighted by atomic mass is 9.91. The van der Waals surface area contributed by atoms with Crippen molar-refractivity contribution in [3.8, 4) is 11.5 Å². The number of hydrogen-bond acceptors (Lipinski definition) is 4. The van der Waals surface area contributed by atoms with Crippen LogP contribution in [0.1, 0.15) is 88.2 Å². The van der Waals surface area contributed by atoms with Crippen molar-refractivity contribution in [2.45, 2.75) is 79.6 Å². The SMILES string of the molecule is CCCCCc1c(C/C=C(\C)CCC=C(C)C)c(O)cc(O)c1C(=O)OCC. The van der Waals surface area contributed by atoms with Gasteiger partial charge in [-0.3, -0.25) is 0 Å². The Morgan fingerprint density at radius 3 is 2.36 bits per heavy atom. The van der Waals surface area contributed by atoms with Crippen molar-refractivity contribution in [3.05, 3.63) is 46.1 Å². The molecule has 0 aliphatic heterocycles. The van der Waals surface area contributed by atoms with E-state index in [1.165, 1.54) is 17.2 Å². The average molecular weight is 389 g/mol. The molecule has 0 saturated carbocycles. The summed E-state index contributed by atoms with van der Waals surface area (Å²) < 4.78 is 5.15. The van der Waals surface area contributed by atoms with Gasteiger partial charge in [0.25, 0.3) is 0 Å². The lowest BCUT2D eigenvalue weighted by molar-refractivity contribution is 0.0521. The van der Waals surface area contributed by atoms with Crippen LogP contribution < -0.4 is 0 Å². The Kier molecular flexibility index (Phi) is 10.4. The highest BCUT2D eigenvalue weighted by Gasteiger charge is 2.23. The van der Waals surface area contributed by atoms with E-state index < -0.39 is 5.97 Å². The highest BCUT2D eigenvalue weighted by atomic mass is 16.5. The summed E-state index contributed by atoms with van der Waals surface area (Å²) in [6.45, 7) is 10.4. The number of carbonyl (C=O) groups is 1. The second-order valence-corrected chi connectivity index (χ2v) is 7.50. The standard InChI is InChI=1S/C24H36O4/c1-6-8-9-13-20-19(15-14-18(5)12-10-11-17(3)4)21(25)16-22(26)23(20)24(27)28-7-2/h11,14,16,25-26H,6-10,12-13,15H2,1-5H3/b18-14+. The largest absolute Gasteiger partial charge is 0.508 e. The molecule has 0 aromatic heterocycles. The zero-order valence-electron chi connectivity index (χ0n) is 18.1. The van der Waals surface area contributed by atoms with Gasteiger partial charge in [0.1, 0.15) is 17.1 Å². The van der Waals surface area contributed by atoms with E-state index in [0.29, 0.717) is 24.0 Å². The molecule has 0 radical (unpaired) electrons. The van der Waals surface area contributed by atoms with Crippen molar-refractivity contribution in [2.75, 3.05) is 6.61 Å². The Balaban J connectivity index is 3.21. The van der Waals surface area contributed by atoms with E-state index in [-0.39, 0.29) is 23.7 Å². The number of carbonyl (C=O) groups excluding carboxylic acids is 1. The predicted molar refractivity (Wildman–Crippen MR) is 115 cm³/mol. The third kappa shape index (κ3) is 7.41. The van der Waals surface area contributed by atoms with Gasteiger partial charge < -0.3 is 14.9 Å². The summed E-state index contributed by atoms with van der Waals surface area (Å²) in [7, 11) is 0. The fourth-order valence-electron chi connectivity index (χ4n) is 3.20. The Morgan fingerprint density at radius 1 is 1.04 bits per heavy atom. The van der Waals surface area contributed by atoms with E-state index in [4.69, 9.17) is 4.74 Å². The van der Waals surface area contributed by atoms with Gasteiger partial charge in [-0.25, -0.2) is 4.79 Å². The van der Waals surface area contributed by atoms with Crippen molar-refractivity contribution in [2.24, 2.45) is 0 Å². The number of esters is 1. The fraction of sp³-hybridized carbons (Fsp3) is 0.542. The maximum Gasteiger partial charge on any atom is 0.342 e. The first-order valence-corrected chi connectivity index (χ1v) is 10.3. The molecule has 28 heavy (non-hydrogen) atoms. The van der Waals surface area contributed by atoms with Crippen molar-refractivity contribution in [3.63, 3.8) is 0 Å². The fourth-order valence-corrected chi connectivity index (χ4v) is 3.20. The van der Waals surface area contributed by atoms with Crippen molar-refractivity contribution < 1.29 is 19.7 Å². The van der Waals surface area contributed by atoms with Gasteiger partial charge >= 0.3 is 5.97 Å². The second-order valence-electron chi connectivity index (χ2n) is 7.50. The number of rotatable bonds is 11. The number of hydrogen-bond donors (Lipinski definition) is 2. The van der Waals surface area contributed by atoms with E-state index in [2.05, 4.69) is 39.8 Å². The minimum Gasteiger partial charge on any atom is -0.508 e. The van der Waals surface area contributed by atoms with Gasteiger partial charge in [0.2, 0.25) is 0 Å². The van der Waals surface area contributed by atoms with E-state index in [9.17, 15) is 15.0 Å². The van der Waals surface area contributed by atoms with Crippen molar-refractivity contribution in [1.82, 2.24) is 0 Å². The number of ether oxygens (including phenoxy) is 1. The molecule has 4 heteroatoms. The molecule has 0 atom stereocenters. The number of allylic oxidation sites excluding steroid dienone is 4. The predicted octanol–water partition coefficient (Wildman–Crippen LogP) is 6.24. The number of phenols is 2. The second kappa shape index (κ2) is 12.3. The zero-order valence-corrected chi connectivity index (χ0v) is 18.1. The molecule has 0 heterocycles. The van der Waals surface area contributed by atoms with Crippen molar-refractivity contribution in [1.29, 1.82) is 0 Å². The minimum atomic E-state index is -0.531. The first-order valence-electron chi connectivity index (χ1n) is 10.3. The monoisotopic (exact) mass is 388 g/mol. The summed E-state index contributed by atoms with van der Waals surface area (Å²) in [6.07, 6.45) is 10.4. The molecule has 0 unspecified atom stereocenters. The van der Waals surface area contributed by atoms with Crippen molar-refractivity contribution >= 4 is 5.97 Å². The third-order valence-corrected chi connectivity index (χ3v) is 4.76. The molecule has 0 fully saturated rings. The number of aromatic hydroxyl groups is 2. The van der Waals surface area contributed by atoms with Gasteiger partial charge in [-0.05, 0) is 65.4 Å². The summed E-state index contributed by atoms with van der Waals surface area (Å²) in [5.41, 5.74) is 4.15. The van der Waals surface area contributed by atoms with E-state index >= 15 is 0 Å². The average Bonchev–Trinajstić information content (AvgIpc) is 2.61. The Labute approximate surface area is 169 Å². The molecule has 0 amide bonds. The molecule has 0 spiro atoms. The molecule has 1 aromatic carbocycles. The molecule has 2 N–H and O–H groups in total. The van der Waals surface area contributed by atoms with Crippen LogP contribution in [0.15, 0.2) is 29.4 Å². The van der Waals surface area contributed by atoms with Gasteiger partial charge in [0.05, 0.1) is 6.61 Å². The smallest absolute Gasteiger partial charge is 0.342 e. The maximum absolute atomic E-state index is 12.4. The van der Waals surface area contributed by atoms with E-state index in [0.717, 1.165) is 32.1 Å². The van der Waals surface area contributed by atoms with Crippen LogP contribution in [0.3, 0.4) is 0 Å². The summed E-state index contributed by atoms with van der Waals surface area (Å²) in [5.74, 6) is -0.710. The quantitative estimate of drug-likeness (QED) is 0.267. The Morgan fingerprint density at radius 2 is 1.75 bits per heavy atom. The summed E-state index contributed by atoms with van der Waals surface area (Å²) >= 11 is 0. The Hall–Kier alpha value is -2.23. The van der Waals surface area contributed by atoms with E-state index in [1.54, 1.807) is 6.92 Å². The first kappa shape index (κ1) is 23.8. The molecule has 4 nitrogen and oxygen atoms in total. The maximum atomic E-state index is 12.4. The number of unbranched alkanes of at least 4 members (excludes halogenated alkanes) is 2. The van der Waals surface area contributed by atoms with Gasteiger partial charge in [0.15, 0.2) is 0 Å². The highest BCUT2D eigenvalue weighted by molar-refractivity contribution is 5.95. The molecule has 0 aliphatic carbocycles. The van der Waals surface area contributed by atoms with E-state index in [1.807, 2.05) is 0 Å². The molecular weight excluding hydrogens is 352 g/mol. The molecule has 0 bridgehead atoms. The van der Waals surface area contributed by atoms with Gasteiger partial charge in [-0.1, -0.05) is 43.1 Å². The van der Waals surface area contributed by atoms with Crippen LogP contribution >= 0.6 is 0 Å². The summed E-state index contributed by atoms with van der Waals surface area (Å²) in [6, 6.07) is 1.26. The van der Waals surface area contributed by atoms with Gasteiger partial charge in [-0.15, -0.1) is 0 Å². The molecule has 156 valence electrons.